The van der Waals surface area contributed by atoms with Gasteiger partial charge in [-0.2, -0.15) is 5.10 Å². The minimum Gasteiger partial charge on any atom is -0.373 e. The molecule has 2 atom stereocenters. The van der Waals surface area contributed by atoms with Crippen LogP contribution in [0.15, 0.2) is 11.6 Å². The van der Waals surface area contributed by atoms with Gasteiger partial charge >= 0.3 is 0 Å². The van der Waals surface area contributed by atoms with E-state index >= 15 is 0 Å². The van der Waals surface area contributed by atoms with Gasteiger partial charge in [-0.15, -0.1) is 11.8 Å². The molecule has 1 aliphatic heterocycles. The van der Waals surface area contributed by atoms with E-state index in [-0.39, 0.29) is 11.4 Å². The van der Waals surface area contributed by atoms with Crippen LogP contribution in [0.5, 0.6) is 0 Å². The van der Waals surface area contributed by atoms with Crippen molar-refractivity contribution < 1.29 is 0 Å². The number of H-pyrrole nitrogens is 1. The predicted octanol–water partition coefficient (Wildman–Crippen LogP) is 2.49. The third-order valence-corrected chi connectivity index (χ3v) is 4.05. The normalized spacial score (nSPS) is 21.4. The number of aromatic amines is 1. The molecule has 1 aliphatic rings. The van der Waals surface area contributed by atoms with Crippen LogP contribution < -0.4 is 5.32 Å². The quantitative estimate of drug-likeness (QED) is 0.874. The molecule has 1 aromatic rings. The maximum atomic E-state index is 6.34. The van der Waals surface area contributed by atoms with Gasteiger partial charge in [0.05, 0.1) is 10.7 Å². The van der Waals surface area contributed by atoms with Crippen LogP contribution in [0.2, 0.25) is 5.02 Å². The maximum absolute atomic E-state index is 6.34. The van der Waals surface area contributed by atoms with Crippen LogP contribution >= 0.6 is 23.4 Å². The molecule has 0 bridgehead atoms. The van der Waals surface area contributed by atoms with Gasteiger partial charge in [0.15, 0.2) is 0 Å². The van der Waals surface area contributed by atoms with Crippen molar-refractivity contribution >= 4 is 23.4 Å². The molecule has 0 amide bonds. The molecule has 0 radical (unpaired) electrons. The molecule has 4 nitrogen and oxygen atoms in total. The molecule has 0 aromatic carbocycles. The van der Waals surface area contributed by atoms with Crippen molar-refractivity contribution in [2.24, 2.45) is 0 Å². The lowest BCUT2D eigenvalue weighted by Gasteiger charge is -2.18. The lowest BCUT2D eigenvalue weighted by molar-refractivity contribution is 0.315. The van der Waals surface area contributed by atoms with Crippen molar-refractivity contribution in [2.75, 3.05) is 14.1 Å². The van der Waals surface area contributed by atoms with Crippen LogP contribution in [0.3, 0.4) is 0 Å². The van der Waals surface area contributed by atoms with Crippen LogP contribution in [0, 0.1) is 0 Å². The zero-order valence-corrected chi connectivity index (χ0v) is 11.1. The molecular formula is C10H15ClN4S. The predicted molar refractivity (Wildman–Crippen MR) is 68.3 cm³/mol. The fraction of sp³-hybridized carbons (Fsp3) is 0.500. The molecule has 0 saturated heterocycles. The maximum Gasteiger partial charge on any atom is 0.122 e. The molecule has 2 N–H and O–H groups in total. The summed E-state index contributed by atoms with van der Waals surface area (Å²) in [5.41, 5.74) is 1.84. The Kier molecular flexibility index (Phi) is 3.47. The molecule has 0 aliphatic carbocycles. The van der Waals surface area contributed by atoms with Gasteiger partial charge < -0.3 is 10.2 Å². The minimum atomic E-state index is 0.131. The Morgan fingerprint density at radius 3 is 2.88 bits per heavy atom. The molecule has 2 unspecified atom stereocenters. The zero-order valence-electron chi connectivity index (χ0n) is 9.49. The largest absolute Gasteiger partial charge is 0.373 e. The lowest BCUT2D eigenvalue weighted by Crippen LogP contribution is -2.17. The smallest absolute Gasteiger partial charge is 0.122 e. The first kappa shape index (κ1) is 11.8. The van der Waals surface area contributed by atoms with Gasteiger partial charge in [0.25, 0.3) is 0 Å². The van der Waals surface area contributed by atoms with Gasteiger partial charge in [-0.05, 0) is 26.4 Å². The Balaban J connectivity index is 2.23. The number of hydrogen-bond donors (Lipinski definition) is 2. The second kappa shape index (κ2) is 4.69. The topological polar surface area (TPSA) is 44.0 Å². The van der Waals surface area contributed by atoms with Gasteiger partial charge in [-0.3, -0.25) is 5.10 Å². The Hall–Kier alpha value is -0.650. The second-order valence-electron chi connectivity index (χ2n) is 3.96. The van der Waals surface area contributed by atoms with E-state index in [0.717, 1.165) is 16.4 Å². The molecule has 88 valence electrons. The van der Waals surface area contributed by atoms with Crippen molar-refractivity contribution in [3.05, 3.63) is 28.0 Å². The summed E-state index contributed by atoms with van der Waals surface area (Å²) in [4.78, 5) is 2.09. The average molecular weight is 259 g/mol. The van der Waals surface area contributed by atoms with Gasteiger partial charge in [-0.1, -0.05) is 11.6 Å². The van der Waals surface area contributed by atoms with E-state index in [2.05, 4.69) is 27.3 Å². The molecule has 0 fully saturated rings. The lowest BCUT2D eigenvalue weighted by atomic mass is 10.2. The van der Waals surface area contributed by atoms with E-state index in [4.69, 9.17) is 11.6 Å². The van der Waals surface area contributed by atoms with E-state index in [9.17, 15) is 0 Å². The van der Waals surface area contributed by atoms with Crippen LogP contribution in [0.1, 0.15) is 29.7 Å². The second-order valence-corrected chi connectivity index (χ2v) is 5.36. The molecule has 0 saturated carbocycles. The highest BCUT2D eigenvalue weighted by atomic mass is 35.5. The van der Waals surface area contributed by atoms with E-state index in [1.807, 2.05) is 25.7 Å². The van der Waals surface area contributed by atoms with E-state index in [1.165, 1.54) is 0 Å². The standard InChI is InChI=1S/C10H15ClN4S/c1-6(15(2)3)8-7(11)9(14-13-8)10-12-4-5-16-10/h4-6,10,12H,1-3H3,(H,13,14). The zero-order chi connectivity index (χ0) is 11.7. The Morgan fingerprint density at radius 1 is 1.56 bits per heavy atom. The number of nitrogens with zero attached hydrogens (tertiary/aromatic N) is 2. The summed E-state index contributed by atoms with van der Waals surface area (Å²) in [6.45, 7) is 2.09. The SMILES string of the molecule is CC(c1[nH]nc(C2NC=CS2)c1Cl)N(C)C. The molecule has 16 heavy (non-hydrogen) atoms. The van der Waals surface area contributed by atoms with Crippen LogP contribution in [-0.4, -0.2) is 29.2 Å². The first-order valence-electron chi connectivity index (χ1n) is 5.08. The minimum absolute atomic E-state index is 0.131. The highest BCUT2D eigenvalue weighted by Crippen LogP contribution is 2.37. The van der Waals surface area contributed by atoms with Crippen molar-refractivity contribution in [1.82, 2.24) is 20.4 Å². The molecule has 2 rings (SSSR count). The third kappa shape index (κ3) is 2.07. The van der Waals surface area contributed by atoms with Crippen molar-refractivity contribution in [2.45, 2.75) is 18.3 Å². The van der Waals surface area contributed by atoms with Gasteiger partial charge in [0.1, 0.15) is 11.1 Å². The van der Waals surface area contributed by atoms with E-state index in [0.29, 0.717) is 0 Å². The summed E-state index contributed by atoms with van der Waals surface area (Å²) < 4.78 is 0. The molecular weight excluding hydrogens is 244 g/mol. The number of halogens is 1. The summed E-state index contributed by atoms with van der Waals surface area (Å²) in [6, 6.07) is 0.230. The Labute approximate surface area is 104 Å². The van der Waals surface area contributed by atoms with Gasteiger partial charge in [0.2, 0.25) is 0 Å². The van der Waals surface area contributed by atoms with Gasteiger partial charge in [-0.25, -0.2) is 0 Å². The fourth-order valence-corrected chi connectivity index (χ4v) is 2.68. The summed E-state index contributed by atoms with van der Waals surface area (Å²) in [5.74, 6) is 0. The van der Waals surface area contributed by atoms with E-state index < -0.39 is 0 Å². The summed E-state index contributed by atoms with van der Waals surface area (Å²) in [7, 11) is 4.04. The van der Waals surface area contributed by atoms with Crippen LogP contribution in [0.25, 0.3) is 0 Å². The first-order valence-corrected chi connectivity index (χ1v) is 6.40. The molecule has 6 heteroatoms. The summed E-state index contributed by atoms with van der Waals surface area (Å²) in [6.07, 6.45) is 1.91. The number of hydrogen-bond acceptors (Lipinski definition) is 4. The number of rotatable bonds is 3. The highest BCUT2D eigenvalue weighted by Gasteiger charge is 2.24. The fourth-order valence-electron chi connectivity index (χ4n) is 1.49. The van der Waals surface area contributed by atoms with Crippen molar-refractivity contribution in [3.8, 4) is 0 Å². The number of nitrogens with one attached hydrogen (secondary N) is 2. The molecule has 1 aromatic heterocycles. The molecule has 2 heterocycles. The monoisotopic (exact) mass is 258 g/mol. The summed E-state index contributed by atoms with van der Waals surface area (Å²) in [5, 5.41) is 13.4. The number of thioether (sulfide) groups is 1. The van der Waals surface area contributed by atoms with Crippen LogP contribution in [-0.2, 0) is 0 Å². The van der Waals surface area contributed by atoms with Crippen molar-refractivity contribution in [1.29, 1.82) is 0 Å². The summed E-state index contributed by atoms with van der Waals surface area (Å²) >= 11 is 8.01. The van der Waals surface area contributed by atoms with E-state index in [1.54, 1.807) is 11.8 Å². The Morgan fingerprint density at radius 2 is 2.31 bits per heavy atom. The van der Waals surface area contributed by atoms with Crippen LogP contribution in [0.4, 0.5) is 0 Å². The Bertz CT molecular complexity index is 374. The third-order valence-electron chi connectivity index (χ3n) is 2.73. The highest BCUT2D eigenvalue weighted by molar-refractivity contribution is 8.02. The molecule has 0 spiro atoms. The number of aromatic nitrogens is 2. The first-order chi connectivity index (χ1) is 7.61. The average Bonchev–Trinajstić information content (AvgIpc) is 2.85. The van der Waals surface area contributed by atoms with Gasteiger partial charge in [0, 0.05) is 12.2 Å². The van der Waals surface area contributed by atoms with Crippen molar-refractivity contribution in [3.63, 3.8) is 0 Å².